The number of aliphatic hydroxyl groups excluding tert-OH is 4. The molecule has 2 unspecified atom stereocenters. The third kappa shape index (κ3) is 2.11. The minimum absolute atomic E-state index is 0.640. The van der Waals surface area contributed by atoms with Gasteiger partial charge in [-0.15, -0.1) is 0 Å². The van der Waals surface area contributed by atoms with Gasteiger partial charge in [-0.2, -0.15) is 0 Å². The summed E-state index contributed by atoms with van der Waals surface area (Å²) in [5.74, 6) is 0. The molecule has 1 fully saturated rings. The van der Waals surface area contributed by atoms with Crippen molar-refractivity contribution in [1.29, 1.82) is 0 Å². The van der Waals surface area contributed by atoms with Crippen LogP contribution in [0.2, 0.25) is 0 Å². The quantitative estimate of drug-likeness (QED) is 0.363. The summed E-state index contributed by atoms with van der Waals surface area (Å²) in [6, 6.07) is 0. The Morgan fingerprint density at radius 2 is 1.79 bits per heavy atom. The van der Waals surface area contributed by atoms with E-state index in [2.05, 4.69) is 4.74 Å². The summed E-state index contributed by atoms with van der Waals surface area (Å²) < 4.78 is 25.7. The Morgan fingerprint density at radius 1 is 1.21 bits per heavy atom. The second-order valence-corrected chi connectivity index (χ2v) is 3.94. The predicted octanol–water partition coefficient (Wildman–Crippen LogP) is -3.33. The Labute approximate surface area is 82.2 Å². The summed E-state index contributed by atoms with van der Waals surface area (Å²) in [7, 11) is 0. The summed E-state index contributed by atoms with van der Waals surface area (Å²) in [5, 5.41) is 36.3. The van der Waals surface area contributed by atoms with Crippen molar-refractivity contribution >= 4 is 11.1 Å². The Hall–Kier alpha value is -0.0900. The van der Waals surface area contributed by atoms with E-state index < -0.39 is 47.5 Å². The average molecular weight is 227 g/mol. The van der Waals surface area contributed by atoms with E-state index in [1.54, 1.807) is 0 Å². The third-order valence-corrected chi connectivity index (χ3v) is 2.81. The van der Waals surface area contributed by atoms with Crippen molar-refractivity contribution in [2.24, 2.45) is 0 Å². The van der Waals surface area contributed by atoms with Crippen LogP contribution in [0.1, 0.15) is 0 Å². The Balaban J connectivity index is 2.78. The number of hydrogen-bond donors (Lipinski definition) is 4. The summed E-state index contributed by atoms with van der Waals surface area (Å²) >= 11 is -2.74. The largest absolute Gasteiger partial charge is 0.770 e. The van der Waals surface area contributed by atoms with Crippen molar-refractivity contribution in [3.8, 4) is 0 Å². The minimum atomic E-state index is -2.74. The molecule has 1 heterocycles. The van der Waals surface area contributed by atoms with Crippen LogP contribution >= 0.6 is 0 Å². The van der Waals surface area contributed by atoms with Crippen molar-refractivity contribution in [3.05, 3.63) is 0 Å². The Morgan fingerprint density at radius 3 is 2.21 bits per heavy atom. The van der Waals surface area contributed by atoms with E-state index in [0.29, 0.717) is 0 Å². The van der Waals surface area contributed by atoms with E-state index >= 15 is 0 Å². The van der Waals surface area contributed by atoms with Crippen molar-refractivity contribution in [2.45, 2.75) is 29.9 Å². The molecule has 7 nitrogen and oxygen atoms in total. The lowest BCUT2D eigenvalue weighted by Crippen LogP contribution is -2.59. The zero-order chi connectivity index (χ0) is 10.9. The highest BCUT2D eigenvalue weighted by Gasteiger charge is 2.43. The van der Waals surface area contributed by atoms with E-state index in [0.717, 1.165) is 0 Å². The van der Waals surface area contributed by atoms with Crippen LogP contribution in [0.25, 0.3) is 0 Å². The van der Waals surface area contributed by atoms with E-state index in [-0.39, 0.29) is 0 Å². The van der Waals surface area contributed by atoms with Crippen LogP contribution in [0.5, 0.6) is 0 Å². The number of ether oxygens (including phenoxy) is 1. The normalized spacial score (nSPS) is 46.2. The van der Waals surface area contributed by atoms with Gasteiger partial charge in [-0.25, -0.2) is 0 Å². The Bertz CT molecular complexity index is 220. The molecule has 0 radical (unpaired) electrons. The second-order valence-electron chi connectivity index (χ2n) is 2.96. The van der Waals surface area contributed by atoms with Gasteiger partial charge in [0.05, 0.1) is 6.61 Å². The molecule has 0 saturated carbocycles. The first-order valence-corrected chi connectivity index (χ1v) is 5.01. The van der Waals surface area contributed by atoms with Gasteiger partial charge in [0.1, 0.15) is 29.9 Å². The van der Waals surface area contributed by atoms with Crippen molar-refractivity contribution < 1.29 is 33.9 Å². The maximum Gasteiger partial charge on any atom is 0.148 e. The first-order valence-electron chi connectivity index (χ1n) is 3.87. The second kappa shape index (κ2) is 4.62. The molecule has 0 aromatic heterocycles. The maximum absolute atomic E-state index is 10.5. The molecule has 4 N–H and O–H groups in total. The molecule has 0 amide bonds. The van der Waals surface area contributed by atoms with E-state index in [9.17, 15) is 24.1 Å². The van der Waals surface area contributed by atoms with Gasteiger partial charge in [-0.05, 0) is 11.1 Å². The SMILES string of the molecule is O=S([O-])C1O[C@H](CO)[C@@H](O)[C@H](O)[C@H]1O. The smallest absolute Gasteiger partial charge is 0.148 e. The molecule has 0 aliphatic carbocycles. The number of hydrogen-bond acceptors (Lipinski definition) is 7. The molecule has 14 heavy (non-hydrogen) atoms. The highest BCUT2D eigenvalue weighted by atomic mass is 32.2. The van der Waals surface area contributed by atoms with Crippen LogP contribution in [0.15, 0.2) is 0 Å². The standard InChI is InChI=1S/C6H12O7S/c7-1-2-3(8)4(9)5(10)6(13-2)14(11)12/h2-10H,1H2,(H,11,12)/p-1/t2-,3-,4+,5-,6?/m1/s1. The van der Waals surface area contributed by atoms with Gasteiger partial charge >= 0.3 is 0 Å². The van der Waals surface area contributed by atoms with E-state index in [4.69, 9.17) is 5.11 Å². The van der Waals surface area contributed by atoms with Crippen molar-refractivity contribution in [1.82, 2.24) is 0 Å². The van der Waals surface area contributed by atoms with Gasteiger partial charge in [-0.1, -0.05) is 0 Å². The van der Waals surface area contributed by atoms with E-state index in [1.165, 1.54) is 0 Å². The first-order chi connectivity index (χ1) is 6.49. The van der Waals surface area contributed by atoms with Crippen LogP contribution < -0.4 is 0 Å². The van der Waals surface area contributed by atoms with Crippen LogP contribution in [-0.2, 0) is 15.8 Å². The third-order valence-electron chi connectivity index (χ3n) is 2.04. The van der Waals surface area contributed by atoms with Crippen LogP contribution in [0, 0.1) is 0 Å². The molecular formula is C6H11O7S-. The van der Waals surface area contributed by atoms with Gasteiger partial charge in [0, 0.05) is 0 Å². The molecule has 0 spiro atoms. The molecule has 6 atom stereocenters. The van der Waals surface area contributed by atoms with Crippen LogP contribution in [-0.4, -0.2) is 65.6 Å². The number of rotatable bonds is 2. The zero-order valence-electron chi connectivity index (χ0n) is 7.02. The van der Waals surface area contributed by atoms with Gasteiger partial charge in [0.25, 0.3) is 0 Å². The molecule has 1 rings (SSSR count). The molecule has 0 aromatic rings. The Kier molecular flexibility index (Phi) is 3.95. The van der Waals surface area contributed by atoms with Gasteiger partial charge in [0.2, 0.25) is 0 Å². The van der Waals surface area contributed by atoms with Crippen LogP contribution in [0.3, 0.4) is 0 Å². The molecule has 0 bridgehead atoms. The first kappa shape index (κ1) is 12.0. The van der Waals surface area contributed by atoms with Gasteiger partial charge in [0.15, 0.2) is 0 Å². The molecule has 84 valence electrons. The average Bonchev–Trinajstić information content (AvgIpc) is 2.14. The van der Waals surface area contributed by atoms with E-state index in [1.807, 2.05) is 0 Å². The van der Waals surface area contributed by atoms with Gasteiger partial charge < -0.3 is 29.7 Å². The lowest BCUT2D eigenvalue weighted by molar-refractivity contribution is -0.207. The summed E-state index contributed by atoms with van der Waals surface area (Å²) in [6.45, 7) is -0.640. The van der Waals surface area contributed by atoms with Gasteiger partial charge in [-0.3, -0.25) is 4.21 Å². The van der Waals surface area contributed by atoms with Crippen LogP contribution in [0.4, 0.5) is 0 Å². The lowest BCUT2D eigenvalue weighted by Gasteiger charge is -2.40. The fourth-order valence-corrected chi connectivity index (χ4v) is 1.85. The van der Waals surface area contributed by atoms with Crippen molar-refractivity contribution in [2.75, 3.05) is 6.61 Å². The minimum Gasteiger partial charge on any atom is -0.770 e. The topological polar surface area (TPSA) is 130 Å². The lowest BCUT2D eigenvalue weighted by atomic mass is 10.0. The summed E-state index contributed by atoms with van der Waals surface area (Å²) in [5.41, 5.74) is -1.63. The maximum atomic E-state index is 10.5. The number of aliphatic hydroxyl groups is 4. The fourth-order valence-electron chi connectivity index (χ4n) is 1.23. The molecule has 1 saturated heterocycles. The predicted molar refractivity (Wildman–Crippen MR) is 42.7 cm³/mol. The van der Waals surface area contributed by atoms with Crippen molar-refractivity contribution in [3.63, 3.8) is 0 Å². The highest BCUT2D eigenvalue weighted by Crippen LogP contribution is 2.22. The monoisotopic (exact) mass is 227 g/mol. The summed E-state index contributed by atoms with van der Waals surface area (Å²) in [6.07, 6.45) is -6.08. The molecular weight excluding hydrogens is 216 g/mol. The zero-order valence-corrected chi connectivity index (χ0v) is 7.83. The molecule has 1 aliphatic rings. The molecule has 1 aliphatic heterocycles. The fraction of sp³-hybridized carbons (Fsp3) is 1.00. The highest BCUT2D eigenvalue weighted by molar-refractivity contribution is 7.79. The summed E-state index contributed by atoms with van der Waals surface area (Å²) in [4.78, 5) is 0. The molecule has 8 heteroatoms. The molecule has 0 aromatic carbocycles.